The van der Waals surface area contributed by atoms with Crippen LogP contribution in [0, 0.1) is 0 Å². The first kappa shape index (κ1) is 12.8. The van der Waals surface area contributed by atoms with Crippen molar-refractivity contribution >= 4 is 0 Å². The lowest BCUT2D eigenvalue weighted by atomic mass is 10.3. The molecule has 0 unspecified atom stereocenters. The lowest BCUT2D eigenvalue weighted by Crippen LogP contribution is -1.89. The lowest BCUT2D eigenvalue weighted by molar-refractivity contribution is 0.241. The van der Waals surface area contributed by atoms with Crippen molar-refractivity contribution in [3.05, 3.63) is 35.8 Å². The molecule has 0 saturated heterocycles. The van der Waals surface area contributed by atoms with Gasteiger partial charge in [0, 0.05) is 5.70 Å². The largest absolute Gasteiger partial charge is 0.494 e. The van der Waals surface area contributed by atoms with E-state index in [9.17, 15) is 0 Å². The Morgan fingerprint density at radius 2 is 2.07 bits per heavy atom. The van der Waals surface area contributed by atoms with Crippen LogP contribution in [-0.2, 0) is 4.74 Å². The standard InChI is InChI=1S/C12H21NO/c1-4-6-9-12(14-5-2)10-7-8-11(3)13/h7-10H,4-6,13H2,1-3H3/b10-7-,11-8+,12-9-. The second kappa shape index (κ2) is 8.42. The molecule has 0 amide bonds. The third kappa shape index (κ3) is 7.47. The Bertz CT molecular complexity index is 222. The molecule has 0 atom stereocenters. The molecule has 0 aliphatic rings. The van der Waals surface area contributed by atoms with E-state index in [1.807, 2.05) is 32.1 Å². The van der Waals surface area contributed by atoms with Crippen LogP contribution >= 0.6 is 0 Å². The Morgan fingerprint density at radius 3 is 2.57 bits per heavy atom. The fourth-order valence-electron chi connectivity index (χ4n) is 0.923. The number of rotatable bonds is 6. The summed E-state index contributed by atoms with van der Waals surface area (Å²) in [6.45, 7) is 6.69. The van der Waals surface area contributed by atoms with Crippen molar-refractivity contribution < 1.29 is 4.74 Å². The first-order valence-electron chi connectivity index (χ1n) is 5.14. The van der Waals surface area contributed by atoms with Crippen LogP contribution in [0.25, 0.3) is 0 Å². The average molecular weight is 195 g/mol. The van der Waals surface area contributed by atoms with E-state index in [4.69, 9.17) is 10.5 Å². The topological polar surface area (TPSA) is 35.2 Å². The minimum atomic E-state index is 0.700. The van der Waals surface area contributed by atoms with Crippen LogP contribution < -0.4 is 5.73 Å². The van der Waals surface area contributed by atoms with Gasteiger partial charge in [-0.1, -0.05) is 19.4 Å². The second-order valence-electron chi connectivity index (χ2n) is 3.10. The monoisotopic (exact) mass is 195 g/mol. The van der Waals surface area contributed by atoms with Crippen LogP contribution in [-0.4, -0.2) is 6.61 Å². The van der Waals surface area contributed by atoms with Gasteiger partial charge in [0.25, 0.3) is 0 Å². The van der Waals surface area contributed by atoms with Gasteiger partial charge in [-0.25, -0.2) is 0 Å². The van der Waals surface area contributed by atoms with Gasteiger partial charge in [0.05, 0.1) is 6.61 Å². The first-order valence-corrected chi connectivity index (χ1v) is 5.14. The van der Waals surface area contributed by atoms with E-state index in [0.717, 1.165) is 24.3 Å². The van der Waals surface area contributed by atoms with Gasteiger partial charge in [-0.2, -0.15) is 0 Å². The number of ether oxygens (including phenoxy) is 1. The molecule has 0 spiro atoms. The summed E-state index contributed by atoms with van der Waals surface area (Å²) in [6.07, 6.45) is 9.99. The molecule has 14 heavy (non-hydrogen) atoms. The van der Waals surface area contributed by atoms with Crippen molar-refractivity contribution in [2.45, 2.75) is 33.6 Å². The van der Waals surface area contributed by atoms with Crippen molar-refractivity contribution in [1.29, 1.82) is 0 Å². The average Bonchev–Trinajstić information content (AvgIpc) is 2.13. The smallest absolute Gasteiger partial charge is 0.115 e. The van der Waals surface area contributed by atoms with Gasteiger partial charge < -0.3 is 10.5 Å². The van der Waals surface area contributed by atoms with Crippen molar-refractivity contribution in [2.75, 3.05) is 6.61 Å². The zero-order valence-corrected chi connectivity index (χ0v) is 9.42. The third-order valence-corrected chi connectivity index (χ3v) is 1.56. The second-order valence-corrected chi connectivity index (χ2v) is 3.10. The fourth-order valence-corrected chi connectivity index (χ4v) is 0.923. The maximum Gasteiger partial charge on any atom is 0.115 e. The van der Waals surface area contributed by atoms with Gasteiger partial charge in [-0.15, -0.1) is 0 Å². The van der Waals surface area contributed by atoms with Crippen molar-refractivity contribution in [3.8, 4) is 0 Å². The molecule has 0 aliphatic carbocycles. The van der Waals surface area contributed by atoms with Crippen LogP contribution in [0.1, 0.15) is 33.6 Å². The molecule has 2 heteroatoms. The highest BCUT2D eigenvalue weighted by Crippen LogP contribution is 2.03. The molecule has 0 aliphatic heterocycles. The number of hydrogen-bond donors (Lipinski definition) is 1. The van der Waals surface area contributed by atoms with Gasteiger partial charge in [-0.05, 0) is 38.5 Å². The van der Waals surface area contributed by atoms with E-state index in [-0.39, 0.29) is 0 Å². The third-order valence-electron chi connectivity index (χ3n) is 1.56. The Balaban J connectivity index is 4.21. The van der Waals surface area contributed by atoms with Gasteiger partial charge in [0.2, 0.25) is 0 Å². The first-order chi connectivity index (χ1) is 6.70. The molecular formula is C12H21NO. The van der Waals surface area contributed by atoms with E-state index >= 15 is 0 Å². The molecule has 0 fully saturated rings. The van der Waals surface area contributed by atoms with Crippen molar-refractivity contribution in [1.82, 2.24) is 0 Å². The van der Waals surface area contributed by atoms with E-state index in [1.54, 1.807) is 0 Å². The quantitative estimate of drug-likeness (QED) is 0.522. The van der Waals surface area contributed by atoms with Crippen LogP contribution in [0.4, 0.5) is 0 Å². The maximum atomic E-state index is 5.50. The Hall–Kier alpha value is -1.18. The van der Waals surface area contributed by atoms with Crippen LogP contribution in [0.5, 0.6) is 0 Å². The Labute approximate surface area is 87.1 Å². The molecule has 80 valence electrons. The summed E-state index contributed by atoms with van der Waals surface area (Å²) in [4.78, 5) is 0. The van der Waals surface area contributed by atoms with Crippen LogP contribution in [0.15, 0.2) is 35.8 Å². The highest BCUT2D eigenvalue weighted by molar-refractivity contribution is 5.18. The van der Waals surface area contributed by atoms with E-state index in [0.29, 0.717) is 6.61 Å². The highest BCUT2D eigenvalue weighted by atomic mass is 16.5. The van der Waals surface area contributed by atoms with E-state index in [2.05, 4.69) is 13.0 Å². The van der Waals surface area contributed by atoms with Crippen LogP contribution in [0.2, 0.25) is 0 Å². The molecule has 0 bridgehead atoms. The zero-order chi connectivity index (χ0) is 10.8. The number of unbranched alkanes of at least 4 members (excludes halogenated alkanes) is 1. The summed E-state index contributed by atoms with van der Waals surface area (Å²) in [5, 5.41) is 0. The van der Waals surface area contributed by atoms with E-state index in [1.165, 1.54) is 0 Å². The molecular weight excluding hydrogens is 174 g/mol. The van der Waals surface area contributed by atoms with Gasteiger partial charge >= 0.3 is 0 Å². The highest BCUT2D eigenvalue weighted by Gasteiger charge is 1.89. The summed E-state index contributed by atoms with van der Waals surface area (Å²) in [6, 6.07) is 0. The van der Waals surface area contributed by atoms with Gasteiger partial charge in [0.1, 0.15) is 5.76 Å². The Morgan fingerprint density at radius 1 is 1.36 bits per heavy atom. The molecule has 0 rings (SSSR count). The van der Waals surface area contributed by atoms with Gasteiger partial charge in [-0.3, -0.25) is 0 Å². The Kier molecular flexibility index (Phi) is 7.71. The molecule has 0 aromatic carbocycles. The SMILES string of the molecule is CCC/C=C(/C=C\C=C(/C)N)OCC. The molecule has 0 radical (unpaired) electrons. The fraction of sp³-hybridized carbons (Fsp3) is 0.500. The minimum Gasteiger partial charge on any atom is -0.494 e. The number of allylic oxidation sites excluding steroid dienone is 5. The predicted octanol–water partition coefficient (Wildman–Crippen LogP) is 3.13. The predicted molar refractivity (Wildman–Crippen MR) is 61.7 cm³/mol. The van der Waals surface area contributed by atoms with Crippen molar-refractivity contribution in [3.63, 3.8) is 0 Å². The molecule has 0 heterocycles. The van der Waals surface area contributed by atoms with E-state index < -0.39 is 0 Å². The molecule has 0 saturated carbocycles. The normalized spacial score (nSPS) is 13.6. The zero-order valence-electron chi connectivity index (χ0n) is 9.42. The molecule has 2 nitrogen and oxygen atoms in total. The molecule has 0 aromatic rings. The van der Waals surface area contributed by atoms with Crippen LogP contribution in [0.3, 0.4) is 0 Å². The van der Waals surface area contributed by atoms with Gasteiger partial charge in [0.15, 0.2) is 0 Å². The minimum absolute atomic E-state index is 0.700. The molecule has 2 N–H and O–H groups in total. The lowest BCUT2D eigenvalue weighted by Gasteiger charge is -2.02. The number of nitrogens with two attached hydrogens (primary N) is 1. The summed E-state index contributed by atoms with van der Waals surface area (Å²) in [5.41, 5.74) is 6.30. The molecule has 0 aromatic heterocycles. The summed E-state index contributed by atoms with van der Waals surface area (Å²) >= 11 is 0. The summed E-state index contributed by atoms with van der Waals surface area (Å²) < 4.78 is 5.43. The summed E-state index contributed by atoms with van der Waals surface area (Å²) in [5.74, 6) is 0.923. The van der Waals surface area contributed by atoms with Crippen molar-refractivity contribution in [2.24, 2.45) is 5.73 Å². The maximum absolute atomic E-state index is 5.50. The summed E-state index contributed by atoms with van der Waals surface area (Å²) in [7, 11) is 0. The number of hydrogen-bond acceptors (Lipinski definition) is 2.